The maximum absolute atomic E-state index is 14.1. The van der Waals surface area contributed by atoms with Gasteiger partial charge in [-0.25, -0.2) is 4.39 Å². The van der Waals surface area contributed by atoms with Gasteiger partial charge in [-0.05, 0) is 25.0 Å². The van der Waals surface area contributed by atoms with E-state index >= 15 is 0 Å². The summed E-state index contributed by atoms with van der Waals surface area (Å²) in [4.78, 5) is 0. The molecule has 3 rings (SSSR count). The Hall–Kier alpha value is -2.15. The smallest absolute Gasteiger partial charge is 0.191 e. The zero-order valence-electron chi connectivity index (χ0n) is 13.9. The number of aromatic nitrogens is 4. The van der Waals surface area contributed by atoms with Crippen LogP contribution in [0.15, 0.2) is 40.0 Å². The normalized spacial score (nSPS) is 11.4. The fourth-order valence-corrected chi connectivity index (χ4v) is 3.21. The van der Waals surface area contributed by atoms with Crippen molar-refractivity contribution in [2.45, 2.75) is 38.2 Å². The average molecular weight is 346 g/mol. The van der Waals surface area contributed by atoms with Crippen LogP contribution in [0.4, 0.5) is 4.39 Å². The summed E-state index contributed by atoms with van der Waals surface area (Å²) in [5, 5.41) is 13.1. The Morgan fingerprint density at radius 2 is 2.04 bits per heavy atom. The van der Waals surface area contributed by atoms with Gasteiger partial charge in [0.2, 0.25) is 0 Å². The Morgan fingerprint density at radius 3 is 2.71 bits per heavy atom. The number of nitrogens with zero attached hydrogens (tertiary/aromatic N) is 4. The predicted molar refractivity (Wildman–Crippen MR) is 91.1 cm³/mol. The second kappa shape index (κ2) is 7.17. The molecule has 0 aliphatic rings. The van der Waals surface area contributed by atoms with Crippen LogP contribution in [0.2, 0.25) is 0 Å². The summed E-state index contributed by atoms with van der Waals surface area (Å²) in [5.74, 6) is 2.03. The second-order valence-electron chi connectivity index (χ2n) is 6.01. The van der Waals surface area contributed by atoms with Crippen molar-refractivity contribution in [3.63, 3.8) is 0 Å². The van der Waals surface area contributed by atoms with Crippen LogP contribution in [-0.2, 0) is 12.3 Å². The Bertz CT molecular complexity index is 828. The molecule has 2 heterocycles. The highest BCUT2D eigenvalue weighted by molar-refractivity contribution is 7.98. The van der Waals surface area contributed by atoms with Crippen molar-refractivity contribution in [3.8, 4) is 11.4 Å². The molecular formula is C17H19FN4OS. The van der Waals surface area contributed by atoms with E-state index in [0.717, 1.165) is 16.6 Å². The molecule has 0 bridgehead atoms. The first kappa shape index (κ1) is 16.7. The van der Waals surface area contributed by atoms with Gasteiger partial charge in [0.15, 0.2) is 11.0 Å². The van der Waals surface area contributed by atoms with E-state index in [0.29, 0.717) is 29.6 Å². The van der Waals surface area contributed by atoms with Gasteiger partial charge in [-0.2, -0.15) is 0 Å². The molecule has 5 nitrogen and oxygen atoms in total. The monoisotopic (exact) mass is 346 g/mol. The molecule has 0 aliphatic heterocycles. The topological polar surface area (TPSA) is 56.7 Å². The lowest BCUT2D eigenvalue weighted by Gasteiger charge is -2.12. The van der Waals surface area contributed by atoms with Gasteiger partial charge in [0.25, 0.3) is 0 Å². The van der Waals surface area contributed by atoms with Gasteiger partial charge in [0.05, 0.1) is 17.0 Å². The molecule has 126 valence electrons. The van der Waals surface area contributed by atoms with Crippen LogP contribution in [-0.4, -0.2) is 19.9 Å². The molecule has 0 N–H and O–H groups in total. The summed E-state index contributed by atoms with van der Waals surface area (Å²) >= 11 is 1.51. The second-order valence-corrected chi connectivity index (χ2v) is 6.96. The lowest BCUT2D eigenvalue weighted by molar-refractivity contribution is 0.390. The Labute approximate surface area is 144 Å². The van der Waals surface area contributed by atoms with Crippen LogP contribution in [0.3, 0.4) is 0 Å². The summed E-state index contributed by atoms with van der Waals surface area (Å²) in [6.45, 7) is 6.82. The van der Waals surface area contributed by atoms with Crippen LogP contribution >= 0.6 is 11.8 Å². The standard InChI is InChI=1S/C17H19FN4OS/c1-11(2)9-22-16(14-6-4-5-7-15(14)18)19-20-17(22)24-10-13-8-12(3)21-23-13/h4-8,11H,9-10H2,1-3H3. The van der Waals surface area contributed by atoms with Gasteiger partial charge in [0.1, 0.15) is 11.6 Å². The zero-order valence-corrected chi connectivity index (χ0v) is 14.7. The largest absolute Gasteiger partial charge is 0.360 e. The maximum Gasteiger partial charge on any atom is 0.191 e. The third-order valence-electron chi connectivity index (χ3n) is 3.40. The van der Waals surface area contributed by atoms with Gasteiger partial charge in [0, 0.05) is 12.6 Å². The van der Waals surface area contributed by atoms with Crippen LogP contribution in [0, 0.1) is 18.7 Å². The molecule has 0 unspecified atom stereocenters. The molecule has 0 amide bonds. The first-order valence-electron chi connectivity index (χ1n) is 7.77. The SMILES string of the molecule is Cc1cc(CSc2nnc(-c3ccccc3F)n2CC(C)C)on1. The highest BCUT2D eigenvalue weighted by Gasteiger charge is 2.18. The number of halogens is 1. The van der Waals surface area contributed by atoms with Crippen molar-refractivity contribution in [2.75, 3.05) is 0 Å². The summed E-state index contributed by atoms with van der Waals surface area (Å²) in [6.07, 6.45) is 0. The van der Waals surface area contributed by atoms with E-state index in [2.05, 4.69) is 29.2 Å². The fourth-order valence-electron chi connectivity index (χ4n) is 2.39. The number of thioether (sulfide) groups is 1. The molecule has 0 fully saturated rings. The van der Waals surface area contributed by atoms with Crippen LogP contribution in [0.1, 0.15) is 25.3 Å². The first-order chi connectivity index (χ1) is 11.5. The molecule has 0 spiro atoms. The number of hydrogen-bond donors (Lipinski definition) is 0. The van der Waals surface area contributed by atoms with Crippen molar-refractivity contribution >= 4 is 11.8 Å². The van der Waals surface area contributed by atoms with Gasteiger partial charge in [-0.3, -0.25) is 0 Å². The third kappa shape index (κ3) is 3.67. The number of benzene rings is 1. The third-order valence-corrected chi connectivity index (χ3v) is 4.39. The van der Waals surface area contributed by atoms with Crippen molar-refractivity contribution < 1.29 is 8.91 Å². The lowest BCUT2D eigenvalue weighted by atomic mass is 10.2. The van der Waals surface area contributed by atoms with Crippen LogP contribution < -0.4 is 0 Å². The molecule has 0 aliphatic carbocycles. The number of aryl methyl sites for hydroxylation is 1. The first-order valence-corrected chi connectivity index (χ1v) is 8.76. The van der Waals surface area contributed by atoms with Crippen molar-refractivity contribution in [3.05, 3.63) is 47.6 Å². The molecule has 0 atom stereocenters. The van der Waals surface area contributed by atoms with E-state index in [1.165, 1.54) is 17.8 Å². The average Bonchev–Trinajstić information content (AvgIpc) is 3.12. The minimum absolute atomic E-state index is 0.294. The van der Waals surface area contributed by atoms with Crippen molar-refractivity contribution in [2.24, 2.45) is 5.92 Å². The minimum atomic E-state index is -0.294. The highest BCUT2D eigenvalue weighted by Crippen LogP contribution is 2.28. The van der Waals surface area contributed by atoms with E-state index in [-0.39, 0.29) is 5.82 Å². The molecule has 3 aromatic rings. The van der Waals surface area contributed by atoms with Gasteiger partial charge < -0.3 is 9.09 Å². The van der Waals surface area contributed by atoms with E-state index < -0.39 is 0 Å². The summed E-state index contributed by atoms with van der Waals surface area (Å²) < 4.78 is 21.3. The summed E-state index contributed by atoms with van der Waals surface area (Å²) in [5.41, 5.74) is 1.31. The Kier molecular flexibility index (Phi) is 4.99. The summed E-state index contributed by atoms with van der Waals surface area (Å²) in [6, 6.07) is 8.53. The van der Waals surface area contributed by atoms with Crippen LogP contribution in [0.25, 0.3) is 11.4 Å². The van der Waals surface area contributed by atoms with Crippen molar-refractivity contribution in [1.29, 1.82) is 0 Å². The van der Waals surface area contributed by atoms with E-state index in [1.54, 1.807) is 18.2 Å². The molecule has 0 saturated carbocycles. The fraction of sp³-hybridized carbons (Fsp3) is 0.353. The number of hydrogen-bond acceptors (Lipinski definition) is 5. The Morgan fingerprint density at radius 1 is 1.25 bits per heavy atom. The molecule has 7 heteroatoms. The molecule has 0 radical (unpaired) electrons. The minimum Gasteiger partial charge on any atom is -0.360 e. The van der Waals surface area contributed by atoms with Gasteiger partial charge in [-0.1, -0.05) is 42.9 Å². The van der Waals surface area contributed by atoms with E-state index in [1.807, 2.05) is 17.6 Å². The Balaban J connectivity index is 1.90. The highest BCUT2D eigenvalue weighted by atomic mass is 32.2. The molecule has 24 heavy (non-hydrogen) atoms. The van der Waals surface area contributed by atoms with Gasteiger partial charge >= 0.3 is 0 Å². The quantitative estimate of drug-likeness (QED) is 0.622. The van der Waals surface area contributed by atoms with Crippen LogP contribution in [0.5, 0.6) is 0 Å². The van der Waals surface area contributed by atoms with E-state index in [4.69, 9.17) is 4.52 Å². The number of rotatable bonds is 6. The van der Waals surface area contributed by atoms with Gasteiger partial charge in [-0.15, -0.1) is 10.2 Å². The maximum atomic E-state index is 14.1. The predicted octanol–water partition coefficient (Wildman–Crippen LogP) is 4.33. The molecule has 2 aromatic heterocycles. The summed E-state index contributed by atoms with van der Waals surface area (Å²) in [7, 11) is 0. The van der Waals surface area contributed by atoms with E-state index in [9.17, 15) is 4.39 Å². The molecule has 1 aromatic carbocycles. The molecular weight excluding hydrogens is 327 g/mol. The lowest BCUT2D eigenvalue weighted by Crippen LogP contribution is -2.08. The zero-order chi connectivity index (χ0) is 17.1. The van der Waals surface area contributed by atoms with Crippen molar-refractivity contribution in [1.82, 2.24) is 19.9 Å². The molecule has 0 saturated heterocycles.